The van der Waals surface area contributed by atoms with E-state index in [1.54, 1.807) is 0 Å². The topological polar surface area (TPSA) is 54.4 Å². The van der Waals surface area contributed by atoms with Crippen molar-refractivity contribution >= 4 is 33.7 Å². The summed E-state index contributed by atoms with van der Waals surface area (Å²) >= 11 is 1.51. The van der Waals surface area contributed by atoms with Gasteiger partial charge in [0.25, 0.3) is 0 Å². The Hall–Kier alpha value is -2.53. The summed E-state index contributed by atoms with van der Waals surface area (Å²) in [6, 6.07) is 14.6. The maximum atomic E-state index is 11.2. The Labute approximate surface area is 125 Å². The van der Waals surface area contributed by atoms with E-state index in [-0.39, 0.29) is 5.91 Å². The molecule has 4 nitrogen and oxygen atoms in total. The molecule has 4 rings (SSSR count). The van der Waals surface area contributed by atoms with Crippen molar-refractivity contribution in [2.75, 3.05) is 0 Å². The van der Waals surface area contributed by atoms with Crippen molar-refractivity contribution in [2.45, 2.75) is 6.42 Å². The smallest absolute Gasteiger partial charge is 0.246 e. The molecule has 0 saturated heterocycles. The van der Waals surface area contributed by atoms with Gasteiger partial charge in [0.15, 0.2) is 0 Å². The van der Waals surface area contributed by atoms with Gasteiger partial charge in [-0.3, -0.25) is 4.79 Å². The molecular formula is C16H11N3OS. The summed E-state index contributed by atoms with van der Waals surface area (Å²) in [6.07, 6.45) is 0.310. The number of nitrogens with zero attached hydrogens (tertiary/aromatic N) is 2. The van der Waals surface area contributed by atoms with Gasteiger partial charge < -0.3 is 0 Å². The van der Waals surface area contributed by atoms with Crippen molar-refractivity contribution in [3.8, 4) is 11.3 Å². The summed E-state index contributed by atoms with van der Waals surface area (Å²) in [4.78, 5) is 15.8. The number of hydrogen-bond acceptors (Lipinski definition) is 4. The molecule has 0 bridgehead atoms. The van der Waals surface area contributed by atoms with Crippen LogP contribution in [0.15, 0.2) is 52.9 Å². The van der Waals surface area contributed by atoms with E-state index in [1.807, 2.05) is 17.5 Å². The van der Waals surface area contributed by atoms with Crippen molar-refractivity contribution in [1.29, 1.82) is 0 Å². The first kappa shape index (κ1) is 12.2. The average Bonchev–Trinajstić information content (AvgIpc) is 3.15. The molecule has 1 amide bonds. The molecule has 2 heterocycles. The van der Waals surface area contributed by atoms with Crippen molar-refractivity contribution in [3.05, 3.63) is 52.9 Å². The molecule has 0 saturated carbocycles. The van der Waals surface area contributed by atoms with Crippen LogP contribution in [0.25, 0.3) is 22.0 Å². The summed E-state index contributed by atoms with van der Waals surface area (Å²) in [7, 11) is 0. The second-order valence-electron chi connectivity index (χ2n) is 4.87. The number of amides is 1. The minimum Gasteiger partial charge on any atom is -0.273 e. The molecule has 0 aliphatic carbocycles. The van der Waals surface area contributed by atoms with Gasteiger partial charge in [-0.2, -0.15) is 5.10 Å². The maximum Gasteiger partial charge on any atom is 0.246 e. The summed E-state index contributed by atoms with van der Waals surface area (Å²) in [5.41, 5.74) is 5.17. The molecule has 5 heteroatoms. The first-order valence-electron chi connectivity index (χ1n) is 6.60. The number of aromatic nitrogens is 1. The molecule has 102 valence electrons. The van der Waals surface area contributed by atoms with Crippen LogP contribution in [0.5, 0.6) is 0 Å². The van der Waals surface area contributed by atoms with Crippen LogP contribution in [0.3, 0.4) is 0 Å². The predicted molar refractivity (Wildman–Crippen MR) is 84.4 cm³/mol. The zero-order valence-electron chi connectivity index (χ0n) is 11.0. The van der Waals surface area contributed by atoms with Gasteiger partial charge in [-0.05, 0) is 16.8 Å². The van der Waals surface area contributed by atoms with Crippen LogP contribution in [-0.2, 0) is 4.79 Å². The molecule has 21 heavy (non-hydrogen) atoms. The van der Waals surface area contributed by atoms with E-state index in [1.165, 1.54) is 22.1 Å². The van der Waals surface area contributed by atoms with E-state index >= 15 is 0 Å². The zero-order chi connectivity index (χ0) is 14.2. The molecule has 0 unspecified atom stereocenters. The minimum atomic E-state index is -0.0764. The highest BCUT2D eigenvalue weighted by atomic mass is 32.1. The van der Waals surface area contributed by atoms with Crippen LogP contribution in [0, 0.1) is 0 Å². The van der Waals surface area contributed by atoms with Gasteiger partial charge in [-0.1, -0.05) is 36.4 Å². The Kier molecular flexibility index (Phi) is 2.79. The lowest BCUT2D eigenvalue weighted by Gasteiger charge is -2.00. The van der Waals surface area contributed by atoms with Gasteiger partial charge in [0.2, 0.25) is 5.91 Å². The molecule has 0 radical (unpaired) electrons. The van der Waals surface area contributed by atoms with Crippen LogP contribution >= 0.6 is 11.3 Å². The Bertz CT molecular complexity index is 882. The van der Waals surface area contributed by atoms with Gasteiger partial charge in [0, 0.05) is 10.9 Å². The number of rotatable bonds is 2. The molecule has 1 aromatic heterocycles. The Morgan fingerprint density at radius 1 is 1.10 bits per heavy atom. The van der Waals surface area contributed by atoms with Gasteiger partial charge in [-0.25, -0.2) is 10.4 Å². The Morgan fingerprint density at radius 2 is 1.95 bits per heavy atom. The Morgan fingerprint density at radius 3 is 2.76 bits per heavy atom. The number of hydrogen-bond donors (Lipinski definition) is 1. The largest absolute Gasteiger partial charge is 0.273 e. The van der Waals surface area contributed by atoms with E-state index in [2.05, 4.69) is 45.8 Å². The highest BCUT2D eigenvalue weighted by molar-refractivity contribution is 7.12. The summed E-state index contributed by atoms with van der Waals surface area (Å²) < 4.78 is 0. The van der Waals surface area contributed by atoms with E-state index in [9.17, 15) is 4.79 Å². The molecule has 0 fully saturated rings. The quantitative estimate of drug-likeness (QED) is 0.789. The second kappa shape index (κ2) is 4.79. The predicted octanol–water partition coefficient (Wildman–Crippen LogP) is 3.19. The molecule has 0 spiro atoms. The highest BCUT2D eigenvalue weighted by Gasteiger charge is 2.19. The number of benzene rings is 2. The normalized spacial score (nSPS) is 14.3. The van der Waals surface area contributed by atoms with Crippen LogP contribution < -0.4 is 5.43 Å². The highest BCUT2D eigenvalue weighted by Crippen LogP contribution is 2.26. The average molecular weight is 293 g/mol. The van der Waals surface area contributed by atoms with Crippen LogP contribution in [0.2, 0.25) is 0 Å². The Balaban J connectivity index is 1.72. The molecular weight excluding hydrogens is 282 g/mol. The van der Waals surface area contributed by atoms with Gasteiger partial charge in [0.1, 0.15) is 10.7 Å². The van der Waals surface area contributed by atoms with Crippen molar-refractivity contribution in [1.82, 2.24) is 10.4 Å². The van der Waals surface area contributed by atoms with E-state index in [4.69, 9.17) is 0 Å². The van der Waals surface area contributed by atoms with E-state index in [0.29, 0.717) is 6.42 Å². The van der Waals surface area contributed by atoms with Gasteiger partial charge in [0.05, 0.1) is 12.1 Å². The van der Waals surface area contributed by atoms with Crippen molar-refractivity contribution in [3.63, 3.8) is 0 Å². The third-order valence-corrected chi connectivity index (χ3v) is 4.33. The second-order valence-corrected chi connectivity index (χ2v) is 5.73. The fourth-order valence-corrected chi connectivity index (χ4v) is 3.19. The maximum absolute atomic E-state index is 11.2. The molecule has 3 aromatic rings. The van der Waals surface area contributed by atoms with Crippen LogP contribution in [0.1, 0.15) is 11.4 Å². The lowest BCUT2D eigenvalue weighted by Crippen LogP contribution is -2.09. The zero-order valence-corrected chi connectivity index (χ0v) is 11.9. The van der Waals surface area contributed by atoms with Gasteiger partial charge >= 0.3 is 0 Å². The number of nitrogens with one attached hydrogen (secondary N) is 1. The lowest BCUT2D eigenvalue weighted by molar-refractivity contribution is -0.119. The third-order valence-electron chi connectivity index (χ3n) is 3.44. The summed E-state index contributed by atoms with van der Waals surface area (Å²) in [5.74, 6) is -0.0764. The molecule has 0 atom stereocenters. The van der Waals surface area contributed by atoms with E-state index in [0.717, 1.165) is 22.0 Å². The lowest BCUT2D eigenvalue weighted by atomic mass is 10.1. The molecule has 2 aromatic carbocycles. The van der Waals surface area contributed by atoms with Crippen molar-refractivity contribution in [2.24, 2.45) is 5.10 Å². The summed E-state index contributed by atoms with van der Waals surface area (Å²) in [5, 5.41) is 9.22. The molecule has 1 N–H and O–H groups in total. The molecule has 1 aliphatic rings. The first-order chi connectivity index (χ1) is 10.3. The van der Waals surface area contributed by atoms with Crippen molar-refractivity contribution < 1.29 is 4.79 Å². The standard InChI is InChI=1S/C16H11N3OS/c20-15-8-13(18-19-15)16-17-14(9-21-16)12-6-5-10-3-1-2-4-11(10)7-12/h1-7,9H,8H2,(H,19,20). The minimum absolute atomic E-state index is 0.0764. The fourth-order valence-electron chi connectivity index (χ4n) is 2.37. The number of thiazole rings is 1. The number of carbonyl (C=O) groups is 1. The third kappa shape index (κ3) is 2.21. The number of fused-ring (bicyclic) bond motifs is 1. The van der Waals surface area contributed by atoms with Crippen LogP contribution in [0.4, 0.5) is 0 Å². The fraction of sp³-hybridized carbons (Fsp3) is 0.0625. The first-order valence-corrected chi connectivity index (χ1v) is 7.48. The van der Waals surface area contributed by atoms with Crippen LogP contribution in [-0.4, -0.2) is 16.6 Å². The number of hydrazone groups is 1. The van der Waals surface area contributed by atoms with Gasteiger partial charge in [-0.15, -0.1) is 11.3 Å². The summed E-state index contributed by atoms with van der Waals surface area (Å²) in [6.45, 7) is 0. The molecule has 1 aliphatic heterocycles. The SMILES string of the molecule is O=C1CC(c2nc(-c3ccc4ccccc4c3)cs2)=NN1. The number of carbonyl (C=O) groups excluding carboxylic acids is 1. The monoisotopic (exact) mass is 293 g/mol. The van der Waals surface area contributed by atoms with E-state index < -0.39 is 0 Å².